The van der Waals surface area contributed by atoms with Crippen LogP contribution in [0.5, 0.6) is 0 Å². The lowest BCUT2D eigenvalue weighted by Gasteiger charge is -2.24. The summed E-state index contributed by atoms with van der Waals surface area (Å²) in [5.74, 6) is -4.90. The van der Waals surface area contributed by atoms with E-state index in [-0.39, 0.29) is 18.6 Å². The van der Waals surface area contributed by atoms with Crippen molar-refractivity contribution < 1.29 is 34.2 Å². The molecule has 13 heteroatoms. The molecule has 35 heavy (non-hydrogen) atoms. The van der Waals surface area contributed by atoms with Crippen molar-refractivity contribution in [3.8, 4) is 0 Å². The van der Waals surface area contributed by atoms with Crippen molar-refractivity contribution in [1.29, 1.82) is 0 Å². The third-order valence-corrected chi connectivity index (χ3v) is 5.59. The number of rotatable bonds is 13. The van der Waals surface area contributed by atoms with E-state index in [2.05, 4.69) is 33.6 Å². The lowest BCUT2D eigenvalue weighted by molar-refractivity contribution is -0.143. The SMILES string of the molecule is CC(N)C(=O)NC(CS)C(=O)NC(CCC(=O)O)C(=O)NC(Cc1c[nH]c2ccccc12)C(=O)O. The normalized spacial score (nSPS) is 14.4. The number of fused-ring (bicyclic) bond motifs is 1. The third kappa shape index (κ3) is 8.00. The second-order valence-corrected chi connectivity index (χ2v) is 8.35. The highest BCUT2D eigenvalue weighted by Gasteiger charge is 2.30. The minimum atomic E-state index is -1.36. The van der Waals surface area contributed by atoms with Crippen LogP contribution in [-0.4, -0.2) is 74.8 Å². The highest BCUT2D eigenvalue weighted by Crippen LogP contribution is 2.19. The summed E-state index contributed by atoms with van der Waals surface area (Å²) in [4.78, 5) is 63.4. The van der Waals surface area contributed by atoms with Gasteiger partial charge in [0.05, 0.1) is 6.04 Å². The number of aromatic nitrogens is 1. The summed E-state index contributed by atoms with van der Waals surface area (Å²) in [5, 5.41) is 26.6. The average Bonchev–Trinajstić information content (AvgIpc) is 3.21. The first kappa shape index (κ1) is 27.7. The standard InChI is InChI=1S/C22H29N5O7S/c1-11(23)19(30)27-17(10-35)21(32)25-15(6-7-18(28)29)20(31)26-16(22(33)34)8-12-9-24-14-5-3-2-4-13(12)14/h2-5,9,11,15-17,24,35H,6-8,10,23H2,1H3,(H,25,32)(H,26,31)(H,27,30)(H,28,29)(H,33,34). The van der Waals surface area contributed by atoms with Crippen LogP contribution in [0.15, 0.2) is 30.5 Å². The lowest BCUT2D eigenvalue weighted by Crippen LogP contribution is -2.57. The van der Waals surface area contributed by atoms with Gasteiger partial charge < -0.3 is 36.9 Å². The van der Waals surface area contributed by atoms with Gasteiger partial charge in [-0.25, -0.2) is 4.79 Å². The van der Waals surface area contributed by atoms with Crippen LogP contribution < -0.4 is 21.7 Å². The van der Waals surface area contributed by atoms with Gasteiger partial charge in [-0.15, -0.1) is 0 Å². The highest BCUT2D eigenvalue weighted by molar-refractivity contribution is 7.80. The number of aromatic amines is 1. The Balaban J connectivity index is 2.16. The molecule has 1 aromatic carbocycles. The number of benzene rings is 1. The van der Waals surface area contributed by atoms with Crippen molar-refractivity contribution in [3.05, 3.63) is 36.0 Å². The molecule has 2 aromatic rings. The van der Waals surface area contributed by atoms with Gasteiger partial charge in [0.2, 0.25) is 17.7 Å². The smallest absolute Gasteiger partial charge is 0.326 e. The van der Waals surface area contributed by atoms with Crippen LogP contribution >= 0.6 is 12.6 Å². The molecule has 0 radical (unpaired) electrons. The molecule has 0 bridgehead atoms. The minimum absolute atomic E-state index is 0.0472. The van der Waals surface area contributed by atoms with E-state index in [4.69, 9.17) is 10.8 Å². The zero-order valence-corrected chi connectivity index (χ0v) is 19.9. The van der Waals surface area contributed by atoms with E-state index in [0.29, 0.717) is 5.56 Å². The highest BCUT2D eigenvalue weighted by atomic mass is 32.1. The maximum Gasteiger partial charge on any atom is 0.326 e. The summed E-state index contributed by atoms with van der Waals surface area (Å²) in [6.45, 7) is 1.42. The number of carbonyl (C=O) groups is 5. The van der Waals surface area contributed by atoms with Crippen LogP contribution in [0.2, 0.25) is 0 Å². The lowest BCUT2D eigenvalue weighted by atomic mass is 10.0. The topological polar surface area (TPSA) is 204 Å². The summed E-state index contributed by atoms with van der Waals surface area (Å²) in [6.07, 6.45) is 0.840. The molecule has 0 saturated heterocycles. The van der Waals surface area contributed by atoms with Gasteiger partial charge in [-0.2, -0.15) is 12.6 Å². The maximum absolute atomic E-state index is 12.9. The molecule has 1 heterocycles. The minimum Gasteiger partial charge on any atom is -0.481 e. The largest absolute Gasteiger partial charge is 0.481 e. The van der Waals surface area contributed by atoms with Gasteiger partial charge in [0, 0.05) is 35.7 Å². The first-order valence-electron chi connectivity index (χ1n) is 10.8. The van der Waals surface area contributed by atoms with Crippen molar-refractivity contribution >= 4 is 53.2 Å². The van der Waals surface area contributed by atoms with Crippen molar-refractivity contribution in [1.82, 2.24) is 20.9 Å². The molecular formula is C22H29N5O7S. The maximum atomic E-state index is 12.9. The Kier molecular flexibility index (Phi) is 10.1. The number of thiol groups is 1. The summed E-state index contributed by atoms with van der Waals surface area (Å²) in [5.41, 5.74) is 6.95. The predicted octanol–water partition coefficient (Wildman–Crippen LogP) is -0.609. The Labute approximate surface area is 206 Å². The van der Waals surface area contributed by atoms with Crippen molar-refractivity contribution in [2.45, 2.75) is 50.4 Å². The van der Waals surface area contributed by atoms with Crippen molar-refractivity contribution in [2.24, 2.45) is 5.73 Å². The second-order valence-electron chi connectivity index (χ2n) is 7.99. The predicted molar refractivity (Wildman–Crippen MR) is 130 cm³/mol. The fourth-order valence-electron chi connectivity index (χ4n) is 3.30. The quantitative estimate of drug-likeness (QED) is 0.164. The number of para-hydroxylation sites is 1. The van der Waals surface area contributed by atoms with Crippen LogP contribution in [0.25, 0.3) is 10.9 Å². The number of carboxylic acid groups (broad SMARTS) is 2. The van der Waals surface area contributed by atoms with Gasteiger partial charge >= 0.3 is 11.9 Å². The first-order chi connectivity index (χ1) is 16.5. The Bertz CT molecular complexity index is 1090. The van der Waals surface area contributed by atoms with Crippen LogP contribution in [0, 0.1) is 0 Å². The van der Waals surface area contributed by atoms with E-state index >= 15 is 0 Å². The molecule has 8 N–H and O–H groups in total. The molecule has 4 unspecified atom stereocenters. The van der Waals surface area contributed by atoms with Gasteiger partial charge in [0.15, 0.2) is 0 Å². The molecule has 190 valence electrons. The Hall–Kier alpha value is -3.58. The molecule has 0 aliphatic heterocycles. The van der Waals surface area contributed by atoms with Gasteiger partial charge in [0.25, 0.3) is 0 Å². The van der Waals surface area contributed by atoms with Crippen LogP contribution in [-0.2, 0) is 30.4 Å². The molecule has 0 aliphatic carbocycles. The molecule has 0 saturated carbocycles. The molecule has 0 spiro atoms. The summed E-state index contributed by atoms with van der Waals surface area (Å²) in [6, 6.07) is 2.52. The number of nitrogens with two attached hydrogens (primary N) is 1. The Morgan fingerprint density at radius 3 is 2.17 bits per heavy atom. The monoisotopic (exact) mass is 507 g/mol. The van der Waals surface area contributed by atoms with E-state index in [1.807, 2.05) is 18.2 Å². The van der Waals surface area contributed by atoms with E-state index in [0.717, 1.165) is 10.9 Å². The number of nitrogens with one attached hydrogen (secondary N) is 4. The number of carboxylic acids is 2. The Morgan fingerprint density at radius 1 is 0.971 bits per heavy atom. The molecule has 1 aromatic heterocycles. The van der Waals surface area contributed by atoms with Crippen molar-refractivity contribution in [3.63, 3.8) is 0 Å². The summed E-state index contributed by atoms with van der Waals surface area (Å²) < 4.78 is 0. The van der Waals surface area contributed by atoms with E-state index in [1.165, 1.54) is 6.92 Å². The number of aliphatic carboxylic acids is 2. The number of hydrogen-bond donors (Lipinski definition) is 8. The molecule has 2 rings (SSSR count). The zero-order valence-electron chi connectivity index (χ0n) is 19.0. The van der Waals surface area contributed by atoms with Crippen molar-refractivity contribution in [2.75, 3.05) is 5.75 Å². The van der Waals surface area contributed by atoms with Gasteiger partial charge in [-0.05, 0) is 25.0 Å². The summed E-state index contributed by atoms with van der Waals surface area (Å²) >= 11 is 4.03. The van der Waals surface area contributed by atoms with E-state index < -0.39 is 60.2 Å². The van der Waals surface area contributed by atoms with Crippen LogP contribution in [0.4, 0.5) is 0 Å². The first-order valence-corrected chi connectivity index (χ1v) is 11.4. The Morgan fingerprint density at radius 2 is 1.57 bits per heavy atom. The van der Waals surface area contributed by atoms with E-state index in [1.54, 1.807) is 12.3 Å². The third-order valence-electron chi connectivity index (χ3n) is 5.22. The van der Waals surface area contributed by atoms with Crippen LogP contribution in [0.3, 0.4) is 0 Å². The zero-order chi connectivity index (χ0) is 26.1. The number of amides is 3. The molecule has 0 aliphatic rings. The number of carbonyl (C=O) groups excluding carboxylic acids is 3. The number of H-pyrrole nitrogens is 1. The fraction of sp³-hybridized carbons (Fsp3) is 0.409. The molecule has 0 fully saturated rings. The molecule has 3 amide bonds. The van der Waals surface area contributed by atoms with Crippen LogP contribution in [0.1, 0.15) is 25.3 Å². The number of hydrogen-bond acceptors (Lipinski definition) is 7. The summed E-state index contributed by atoms with van der Waals surface area (Å²) in [7, 11) is 0. The van der Waals surface area contributed by atoms with Gasteiger partial charge in [0.1, 0.15) is 18.1 Å². The van der Waals surface area contributed by atoms with Gasteiger partial charge in [-0.3, -0.25) is 19.2 Å². The van der Waals surface area contributed by atoms with E-state index in [9.17, 15) is 29.1 Å². The average molecular weight is 508 g/mol. The second kappa shape index (κ2) is 12.8. The molecule has 12 nitrogen and oxygen atoms in total. The molecular weight excluding hydrogens is 478 g/mol. The molecule has 4 atom stereocenters. The van der Waals surface area contributed by atoms with Gasteiger partial charge in [-0.1, -0.05) is 18.2 Å². The fourth-order valence-corrected chi connectivity index (χ4v) is 3.56.